The van der Waals surface area contributed by atoms with E-state index >= 15 is 0 Å². The molecule has 1 aliphatic rings. The molecule has 2 heterocycles. The minimum atomic E-state index is 0.209. The number of piperidine rings is 1. The Morgan fingerprint density at radius 2 is 2.19 bits per heavy atom. The van der Waals surface area contributed by atoms with Crippen LogP contribution in [0.1, 0.15) is 57.8 Å². The molecule has 2 rings (SSSR count). The molecule has 0 aliphatic carbocycles. The summed E-state index contributed by atoms with van der Waals surface area (Å²) in [5.41, 5.74) is 0.209. The van der Waals surface area contributed by atoms with Gasteiger partial charge in [-0.25, -0.2) is 0 Å². The zero-order valence-electron chi connectivity index (χ0n) is 10.4. The van der Waals surface area contributed by atoms with Gasteiger partial charge < -0.3 is 9.84 Å². The average Bonchev–Trinajstić information content (AvgIpc) is 2.65. The molecule has 0 unspecified atom stereocenters. The predicted octanol–water partition coefficient (Wildman–Crippen LogP) is 2.47. The fourth-order valence-electron chi connectivity index (χ4n) is 2.02. The van der Waals surface area contributed by atoms with Gasteiger partial charge in [-0.1, -0.05) is 32.3 Å². The quantitative estimate of drug-likeness (QED) is 0.836. The van der Waals surface area contributed by atoms with Crippen molar-refractivity contribution in [1.29, 1.82) is 0 Å². The van der Waals surface area contributed by atoms with Crippen LogP contribution in [0.15, 0.2) is 4.52 Å². The average molecular weight is 223 g/mol. The third kappa shape index (κ3) is 3.04. The van der Waals surface area contributed by atoms with Gasteiger partial charge >= 0.3 is 0 Å². The normalized spacial score (nSPS) is 22.3. The predicted molar refractivity (Wildman–Crippen MR) is 62.1 cm³/mol. The van der Waals surface area contributed by atoms with Crippen molar-refractivity contribution >= 4 is 0 Å². The van der Waals surface area contributed by atoms with Crippen molar-refractivity contribution in [3.05, 3.63) is 11.7 Å². The third-order valence-corrected chi connectivity index (χ3v) is 2.78. The van der Waals surface area contributed by atoms with Gasteiger partial charge in [0.2, 0.25) is 5.89 Å². The maximum absolute atomic E-state index is 5.33. The van der Waals surface area contributed by atoms with Crippen molar-refractivity contribution in [3.8, 4) is 0 Å². The van der Waals surface area contributed by atoms with Crippen molar-refractivity contribution in [3.63, 3.8) is 0 Å². The van der Waals surface area contributed by atoms with Gasteiger partial charge in [-0.2, -0.15) is 4.98 Å². The van der Waals surface area contributed by atoms with E-state index in [1.54, 1.807) is 0 Å². The van der Waals surface area contributed by atoms with E-state index in [0.717, 1.165) is 31.1 Å². The summed E-state index contributed by atoms with van der Waals surface area (Å²) in [4.78, 5) is 4.48. The number of hydrogen-bond acceptors (Lipinski definition) is 4. The van der Waals surface area contributed by atoms with Crippen LogP contribution in [0.2, 0.25) is 0 Å². The highest BCUT2D eigenvalue weighted by molar-refractivity contribution is 4.96. The lowest BCUT2D eigenvalue weighted by atomic mass is 9.92. The van der Waals surface area contributed by atoms with E-state index in [1.165, 1.54) is 12.8 Å². The molecule has 90 valence electrons. The third-order valence-electron chi connectivity index (χ3n) is 2.78. The highest BCUT2D eigenvalue weighted by atomic mass is 16.5. The van der Waals surface area contributed by atoms with E-state index in [0.29, 0.717) is 0 Å². The topological polar surface area (TPSA) is 51.0 Å². The number of rotatable bonds is 2. The second-order valence-electron chi connectivity index (χ2n) is 5.79. The van der Waals surface area contributed by atoms with Crippen LogP contribution in [0.25, 0.3) is 0 Å². The second kappa shape index (κ2) is 4.53. The number of aromatic nitrogens is 2. The van der Waals surface area contributed by atoms with E-state index in [9.17, 15) is 0 Å². The standard InChI is InChI=1S/C12H21N3O/c1-12(2,3)8-10-14-11(16-15-10)9-6-4-5-7-13-9/h9,13H,4-8H2,1-3H3/t9-/m0/s1. The molecule has 1 saturated heterocycles. The molecule has 0 aromatic carbocycles. The van der Waals surface area contributed by atoms with Gasteiger partial charge in [0.1, 0.15) is 0 Å². The summed E-state index contributed by atoms with van der Waals surface area (Å²) < 4.78 is 5.33. The van der Waals surface area contributed by atoms with Crippen molar-refractivity contribution in [2.75, 3.05) is 6.54 Å². The van der Waals surface area contributed by atoms with Gasteiger partial charge in [0.25, 0.3) is 0 Å². The van der Waals surface area contributed by atoms with Crippen LogP contribution < -0.4 is 5.32 Å². The maximum atomic E-state index is 5.33. The van der Waals surface area contributed by atoms with E-state index in [-0.39, 0.29) is 11.5 Å². The first kappa shape index (κ1) is 11.6. The molecule has 4 heteroatoms. The maximum Gasteiger partial charge on any atom is 0.243 e. The van der Waals surface area contributed by atoms with Crippen molar-refractivity contribution < 1.29 is 4.52 Å². The van der Waals surface area contributed by atoms with Gasteiger partial charge in [-0.05, 0) is 24.8 Å². The summed E-state index contributed by atoms with van der Waals surface area (Å²) in [6, 6.07) is 0.273. The van der Waals surface area contributed by atoms with Crippen LogP contribution in [0.3, 0.4) is 0 Å². The molecule has 0 bridgehead atoms. The van der Waals surface area contributed by atoms with E-state index in [4.69, 9.17) is 4.52 Å². The minimum absolute atomic E-state index is 0.209. The van der Waals surface area contributed by atoms with Crippen molar-refractivity contribution in [2.24, 2.45) is 5.41 Å². The molecule has 0 radical (unpaired) electrons. The number of nitrogens with zero attached hydrogens (tertiary/aromatic N) is 2. The van der Waals surface area contributed by atoms with Crippen LogP contribution in [-0.4, -0.2) is 16.7 Å². The summed E-state index contributed by atoms with van der Waals surface area (Å²) in [5, 5.41) is 7.47. The van der Waals surface area contributed by atoms with E-state index < -0.39 is 0 Å². The molecule has 0 amide bonds. The van der Waals surface area contributed by atoms with E-state index in [1.807, 2.05) is 0 Å². The number of nitrogens with one attached hydrogen (secondary N) is 1. The Bertz CT molecular complexity index is 334. The summed E-state index contributed by atoms with van der Waals surface area (Å²) >= 11 is 0. The van der Waals surface area contributed by atoms with Gasteiger partial charge in [0.05, 0.1) is 6.04 Å². The lowest BCUT2D eigenvalue weighted by molar-refractivity contribution is 0.293. The van der Waals surface area contributed by atoms with Crippen molar-refractivity contribution in [1.82, 2.24) is 15.5 Å². The molecule has 1 aliphatic heterocycles. The van der Waals surface area contributed by atoms with Crippen molar-refractivity contribution in [2.45, 2.75) is 52.5 Å². The lowest BCUT2D eigenvalue weighted by Gasteiger charge is -2.19. The fourth-order valence-corrected chi connectivity index (χ4v) is 2.02. The van der Waals surface area contributed by atoms with Gasteiger partial charge in [0.15, 0.2) is 5.82 Å². The zero-order valence-corrected chi connectivity index (χ0v) is 10.4. The van der Waals surface area contributed by atoms with Gasteiger partial charge in [-0.3, -0.25) is 0 Å². The molecule has 4 nitrogen and oxygen atoms in total. The Hall–Kier alpha value is -0.900. The summed E-state index contributed by atoms with van der Waals surface area (Å²) in [7, 11) is 0. The highest BCUT2D eigenvalue weighted by Crippen LogP contribution is 2.23. The first-order valence-corrected chi connectivity index (χ1v) is 6.10. The lowest BCUT2D eigenvalue weighted by Crippen LogP contribution is -2.27. The van der Waals surface area contributed by atoms with E-state index in [2.05, 4.69) is 36.2 Å². The van der Waals surface area contributed by atoms with Crippen LogP contribution in [-0.2, 0) is 6.42 Å². The van der Waals surface area contributed by atoms with Crippen LogP contribution in [0.5, 0.6) is 0 Å². The molecule has 0 spiro atoms. The highest BCUT2D eigenvalue weighted by Gasteiger charge is 2.22. The number of hydrogen-bond donors (Lipinski definition) is 1. The molecule has 0 saturated carbocycles. The minimum Gasteiger partial charge on any atom is -0.338 e. The molecule has 1 fully saturated rings. The smallest absolute Gasteiger partial charge is 0.243 e. The Morgan fingerprint density at radius 3 is 2.81 bits per heavy atom. The Labute approximate surface area is 96.8 Å². The fraction of sp³-hybridized carbons (Fsp3) is 0.833. The molecule has 16 heavy (non-hydrogen) atoms. The molecule has 1 aromatic rings. The monoisotopic (exact) mass is 223 g/mol. The Balaban J connectivity index is 2.01. The van der Waals surface area contributed by atoms with Crippen LogP contribution in [0, 0.1) is 5.41 Å². The summed E-state index contributed by atoms with van der Waals surface area (Å²) in [5.74, 6) is 1.59. The molecular weight excluding hydrogens is 202 g/mol. The largest absolute Gasteiger partial charge is 0.338 e. The summed E-state index contributed by atoms with van der Waals surface area (Å²) in [6.45, 7) is 7.60. The first-order valence-electron chi connectivity index (χ1n) is 6.10. The zero-order chi connectivity index (χ0) is 11.6. The summed E-state index contributed by atoms with van der Waals surface area (Å²) in [6.07, 6.45) is 4.47. The first-order chi connectivity index (χ1) is 7.54. The van der Waals surface area contributed by atoms with Crippen LogP contribution in [0.4, 0.5) is 0 Å². The second-order valence-corrected chi connectivity index (χ2v) is 5.79. The molecule has 1 aromatic heterocycles. The molecular formula is C12H21N3O. The Morgan fingerprint density at radius 1 is 1.38 bits per heavy atom. The molecule has 1 atom stereocenters. The van der Waals surface area contributed by atoms with Gasteiger partial charge in [0, 0.05) is 6.42 Å². The SMILES string of the molecule is CC(C)(C)Cc1noc([C@@H]2CCCCN2)n1. The Kier molecular flexibility index (Phi) is 3.28. The van der Waals surface area contributed by atoms with Crippen LogP contribution >= 0.6 is 0 Å². The van der Waals surface area contributed by atoms with Gasteiger partial charge in [-0.15, -0.1) is 0 Å². The molecule has 1 N–H and O–H groups in total.